The maximum Gasteiger partial charge on any atom is 0.119 e. The Kier molecular flexibility index (Phi) is 5.12. The molecule has 0 fully saturated rings. The third-order valence-corrected chi connectivity index (χ3v) is 5.75. The van der Waals surface area contributed by atoms with Gasteiger partial charge in [0, 0.05) is 28.8 Å². The van der Waals surface area contributed by atoms with E-state index in [1.807, 2.05) is 24.3 Å². The fraction of sp³-hybridized carbons (Fsp3) is 0.333. The summed E-state index contributed by atoms with van der Waals surface area (Å²) in [5, 5.41) is 5.06. The fourth-order valence-corrected chi connectivity index (χ4v) is 4.49. The summed E-state index contributed by atoms with van der Waals surface area (Å²) in [6, 6.07) is 12.2. The Labute approximate surface area is 163 Å². The molecule has 3 atom stereocenters. The molecule has 4 rings (SSSR count). The normalized spacial score (nSPS) is 23.3. The average molecular weight is 390 g/mol. The number of fused-ring (bicyclic) bond motifs is 3. The van der Waals surface area contributed by atoms with Gasteiger partial charge in [0.1, 0.15) is 12.4 Å². The molecule has 0 saturated heterocycles. The molecule has 1 aliphatic heterocycles. The van der Waals surface area contributed by atoms with Crippen LogP contribution in [0.15, 0.2) is 48.6 Å². The maximum absolute atomic E-state index is 6.50. The van der Waals surface area contributed by atoms with E-state index >= 15 is 0 Å². The van der Waals surface area contributed by atoms with Crippen molar-refractivity contribution in [2.45, 2.75) is 18.4 Å². The van der Waals surface area contributed by atoms with Gasteiger partial charge in [-0.05, 0) is 53.8 Å². The van der Waals surface area contributed by atoms with Crippen LogP contribution >= 0.6 is 23.2 Å². The first-order chi connectivity index (χ1) is 12.7. The lowest BCUT2D eigenvalue weighted by molar-refractivity contribution is 0.146. The summed E-state index contributed by atoms with van der Waals surface area (Å²) in [5.41, 5.74) is 3.51. The molecule has 26 heavy (non-hydrogen) atoms. The van der Waals surface area contributed by atoms with E-state index in [9.17, 15) is 0 Å². The largest absolute Gasteiger partial charge is 0.491 e. The maximum atomic E-state index is 6.50. The van der Waals surface area contributed by atoms with Gasteiger partial charge in [-0.15, -0.1) is 0 Å². The first kappa shape index (κ1) is 17.7. The lowest BCUT2D eigenvalue weighted by atomic mass is 9.77. The van der Waals surface area contributed by atoms with Crippen LogP contribution in [0.25, 0.3) is 0 Å². The standard InChI is InChI=1S/C21H21Cl2NO2/c1-25-9-10-26-14-6-8-20-18(12-14)15-3-2-4-16(15)21(24-20)17-7-5-13(22)11-19(17)23/h2-3,5-8,11-12,15-16,21,24H,4,9-10H2,1H3. The molecule has 3 nitrogen and oxygen atoms in total. The Morgan fingerprint density at radius 3 is 2.77 bits per heavy atom. The molecule has 0 spiro atoms. The Bertz CT molecular complexity index is 837. The SMILES string of the molecule is COCCOc1ccc2c(c1)C1C=CCC1C(c1ccc(Cl)cc1Cl)N2. The van der Waals surface area contributed by atoms with Gasteiger partial charge in [0.05, 0.1) is 12.6 Å². The van der Waals surface area contributed by atoms with E-state index in [0.717, 1.165) is 23.4 Å². The molecule has 2 aromatic rings. The molecule has 5 heteroatoms. The zero-order valence-corrected chi connectivity index (χ0v) is 16.1. The van der Waals surface area contributed by atoms with Gasteiger partial charge in [-0.2, -0.15) is 0 Å². The predicted octanol–water partition coefficient (Wildman–Crippen LogP) is 5.85. The molecule has 0 bridgehead atoms. The van der Waals surface area contributed by atoms with Crippen molar-refractivity contribution in [3.63, 3.8) is 0 Å². The van der Waals surface area contributed by atoms with Crippen LogP contribution in [0.4, 0.5) is 5.69 Å². The number of hydrogen-bond acceptors (Lipinski definition) is 3. The zero-order chi connectivity index (χ0) is 18.1. The van der Waals surface area contributed by atoms with Gasteiger partial charge in [-0.1, -0.05) is 41.4 Å². The number of benzene rings is 2. The van der Waals surface area contributed by atoms with Crippen molar-refractivity contribution in [3.05, 3.63) is 69.7 Å². The quantitative estimate of drug-likeness (QED) is 0.514. The number of rotatable bonds is 5. The van der Waals surface area contributed by atoms with Crippen molar-refractivity contribution in [1.29, 1.82) is 0 Å². The molecule has 0 saturated carbocycles. The number of methoxy groups -OCH3 is 1. The van der Waals surface area contributed by atoms with Crippen LogP contribution in [0, 0.1) is 5.92 Å². The molecule has 3 unspecified atom stereocenters. The molecule has 2 aromatic carbocycles. The highest BCUT2D eigenvalue weighted by molar-refractivity contribution is 6.35. The minimum atomic E-state index is 0.160. The summed E-state index contributed by atoms with van der Waals surface area (Å²) >= 11 is 12.6. The number of nitrogens with one attached hydrogen (secondary N) is 1. The molecule has 0 radical (unpaired) electrons. The van der Waals surface area contributed by atoms with Crippen LogP contribution in [0.2, 0.25) is 10.0 Å². The van der Waals surface area contributed by atoms with Crippen LogP contribution in [0.5, 0.6) is 5.75 Å². The number of allylic oxidation sites excluding steroid dienone is 2. The van der Waals surface area contributed by atoms with Gasteiger partial charge in [0.25, 0.3) is 0 Å². The van der Waals surface area contributed by atoms with E-state index in [0.29, 0.717) is 35.1 Å². The monoisotopic (exact) mass is 389 g/mol. The van der Waals surface area contributed by atoms with Gasteiger partial charge < -0.3 is 14.8 Å². The van der Waals surface area contributed by atoms with E-state index in [1.54, 1.807) is 7.11 Å². The fourth-order valence-electron chi connectivity index (χ4n) is 3.97. The molecule has 0 amide bonds. The third kappa shape index (κ3) is 3.32. The summed E-state index contributed by atoms with van der Waals surface area (Å²) in [6.45, 7) is 1.13. The van der Waals surface area contributed by atoms with E-state index < -0.39 is 0 Å². The molecule has 1 heterocycles. The van der Waals surface area contributed by atoms with E-state index in [-0.39, 0.29) is 6.04 Å². The topological polar surface area (TPSA) is 30.5 Å². The number of hydrogen-bond donors (Lipinski definition) is 1. The molecular formula is C21H21Cl2NO2. The van der Waals surface area contributed by atoms with Crippen molar-refractivity contribution in [1.82, 2.24) is 0 Å². The number of anilines is 1. The van der Waals surface area contributed by atoms with Gasteiger partial charge in [0.2, 0.25) is 0 Å². The van der Waals surface area contributed by atoms with Gasteiger partial charge in [0.15, 0.2) is 0 Å². The van der Waals surface area contributed by atoms with Gasteiger partial charge in [-0.3, -0.25) is 0 Å². The first-order valence-corrected chi connectivity index (χ1v) is 9.57. The van der Waals surface area contributed by atoms with E-state index in [2.05, 4.69) is 29.6 Å². The predicted molar refractivity (Wildman–Crippen MR) is 107 cm³/mol. The summed E-state index contributed by atoms with van der Waals surface area (Å²) in [7, 11) is 1.68. The van der Waals surface area contributed by atoms with Crippen LogP contribution in [0.3, 0.4) is 0 Å². The minimum Gasteiger partial charge on any atom is -0.491 e. The second kappa shape index (κ2) is 7.51. The van der Waals surface area contributed by atoms with Crippen LogP contribution in [0.1, 0.15) is 29.5 Å². The highest BCUT2D eigenvalue weighted by atomic mass is 35.5. The van der Waals surface area contributed by atoms with Crippen molar-refractivity contribution in [2.24, 2.45) is 5.92 Å². The minimum absolute atomic E-state index is 0.160. The Morgan fingerprint density at radius 1 is 1.08 bits per heavy atom. The summed E-state index contributed by atoms with van der Waals surface area (Å²) in [5.74, 6) is 1.66. The molecule has 1 N–H and O–H groups in total. The van der Waals surface area contributed by atoms with Crippen molar-refractivity contribution in [2.75, 3.05) is 25.6 Å². The van der Waals surface area contributed by atoms with Crippen LogP contribution in [-0.4, -0.2) is 20.3 Å². The number of ether oxygens (including phenoxy) is 2. The first-order valence-electron chi connectivity index (χ1n) is 8.81. The van der Waals surface area contributed by atoms with Gasteiger partial charge >= 0.3 is 0 Å². The Balaban J connectivity index is 1.66. The van der Waals surface area contributed by atoms with Gasteiger partial charge in [-0.25, -0.2) is 0 Å². The molecule has 2 aliphatic rings. The third-order valence-electron chi connectivity index (χ3n) is 5.19. The molecule has 0 aromatic heterocycles. The van der Waals surface area contributed by atoms with Crippen molar-refractivity contribution < 1.29 is 9.47 Å². The highest BCUT2D eigenvalue weighted by Crippen LogP contribution is 2.51. The zero-order valence-electron chi connectivity index (χ0n) is 14.5. The van der Waals surface area contributed by atoms with E-state index in [4.69, 9.17) is 32.7 Å². The average Bonchev–Trinajstić information content (AvgIpc) is 3.12. The lowest BCUT2D eigenvalue weighted by Gasteiger charge is -2.38. The Morgan fingerprint density at radius 2 is 1.96 bits per heavy atom. The molecule has 1 aliphatic carbocycles. The molecule has 136 valence electrons. The van der Waals surface area contributed by atoms with Crippen LogP contribution in [-0.2, 0) is 4.74 Å². The molecular weight excluding hydrogens is 369 g/mol. The Hall–Kier alpha value is -1.68. The summed E-state index contributed by atoms with van der Waals surface area (Å²) in [4.78, 5) is 0. The lowest BCUT2D eigenvalue weighted by Crippen LogP contribution is -2.29. The summed E-state index contributed by atoms with van der Waals surface area (Å²) < 4.78 is 10.8. The second-order valence-electron chi connectivity index (χ2n) is 6.73. The number of halogens is 2. The summed E-state index contributed by atoms with van der Waals surface area (Å²) in [6.07, 6.45) is 5.59. The smallest absolute Gasteiger partial charge is 0.119 e. The highest BCUT2D eigenvalue weighted by Gasteiger charge is 2.38. The second-order valence-corrected chi connectivity index (χ2v) is 7.58. The van der Waals surface area contributed by atoms with E-state index in [1.165, 1.54) is 5.56 Å². The van der Waals surface area contributed by atoms with Crippen LogP contribution < -0.4 is 10.1 Å². The van der Waals surface area contributed by atoms with Crippen molar-refractivity contribution >= 4 is 28.9 Å². The van der Waals surface area contributed by atoms with Crippen molar-refractivity contribution in [3.8, 4) is 5.75 Å².